The number of likely N-dealkylation sites (N-methyl/N-ethyl adjacent to an activating group) is 1. The highest BCUT2D eigenvalue weighted by molar-refractivity contribution is 9.08. The van der Waals surface area contributed by atoms with Crippen LogP contribution in [0.4, 0.5) is 0 Å². The van der Waals surface area contributed by atoms with Crippen LogP contribution in [0.2, 0.25) is 0 Å². The number of rotatable bonds is 2. The Kier molecular flexibility index (Phi) is 4.99. The molecule has 4 heteroatoms. The Hall–Kier alpha value is -0.870. The van der Waals surface area contributed by atoms with E-state index in [-0.39, 0.29) is 11.9 Å². The molecule has 1 amide bonds. The van der Waals surface area contributed by atoms with Crippen molar-refractivity contribution in [1.82, 2.24) is 9.80 Å². The van der Waals surface area contributed by atoms with E-state index in [1.54, 1.807) is 0 Å². The number of amides is 1. The molecule has 3 nitrogen and oxygen atoms in total. The minimum Gasteiger partial charge on any atom is -0.335 e. The molecule has 0 saturated carbocycles. The summed E-state index contributed by atoms with van der Waals surface area (Å²) in [5.41, 5.74) is 1.99. The van der Waals surface area contributed by atoms with Gasteiger partial charge in [0.2, 0.25) is 0 Å². The second-order valence-electron chi connectivity index (χ2n) is 5.29. The number of nitrogens with zero attached hydrogens (tertiary/aromatic N) is 2. The average molecular weight is 325 g/mol. The number of carbonyl (C=O) groups is 1. The third-order valence-corrected chi connectivity index (χ3v) is 4.31. The molecule has 1 aromatic rings. The molecule has 0 aromatic heterocycles. The Balaban J connectivity index is 2.12. The summed E-state index contributed by atoms with van der Waals surface area (Å²) in [6, 6.07) is 8.16. The van der Waals surface area contributed by atoms with E-state index in [9.17, 15) is 4.79 Å². The van der Waals surface area contributed by atoms with Gasteiger partial charge >= 0.3 is 0 Å². The molecule has 1 saturated heterocycles. The quantitative estimate of drug-likeness (QED) is 0.781. The van der Waals surface area contributed by atoms with Crippen molar-refractivity contribution < 1.29 is 4.79 Å². The van der Waals surface area contributed by atoms with Gasteiger partial charge in [0.1, 0.15) is 0 Å². The van der Waals surface area contributed by atoms with Gasteiger partial charge in [0.15, 0.2) is 0 Å². The standard InChI is InChI=1S/C15H21BrN2O/c1-12-11-17(2)8-3-9-18(12)15(19)14-6-4-13(10-16)5-7-14/h4-7,12H,3,8-11H2,1-2H3. The van der Waals surface area contributed by atoms with Crippen LogP contribution in [0.25, 0.3) is 0 Å². The molecular formula is C15H21BrN2O. The van der Waals surface area contributed by atoms with Crippen molar-refractivity contribution >= 4 is 21.8 Å². The summed E-state index contributed by atoms with van der Waals surface area (Å²) >= 11 is 3.42. The van der Waals surface area contributed by atoms with Crippen molar-refractivity contribution in [1.29, 1.82) is 0 Å². The smallest absolute Gasteiger partial charge is 0.254 e. The number of benzene rings is 1. The molecule has 2 rings (SSSR count). The van der Waals surface area contributed by atoms with Crippen LogP contribution in [0.5, 0.6) is 0 Å². The topological polar surface area (TPSA) is 23.6 Å². The number of halogens is 1. The number of alkyl halides is 1. The molecule has 104 valence electrons. The first kappa shape index (κ1) is 14.5. The molecule has 1 aromatic carbocycles. The fourth-order valence-corrected chi connectivity index (χ4v) is 2.95. The predicted molar refractivity (Wildman–Crippen MR) is 81.7 cm³/mol. The zero-order valence-electron chi connectivity index (χ0n) is 11.6. The first-order valence-corrected chi connectivity index (χ1v) is 7.88. The van der Waals surface area contributed by atoms with Crippen molar-refractivity contribution in [2.75, 3.05) is 26.7 Å². The Labute approximate surface area is 123 Å². The average Bonchev–Trinajstić information content (AvgIpc) is 2.58. The van der Waals surface area contributed by atoms with E-state index in [2.05, 4.69) is 34.8 Å². The van der Waals surface area contributed by atoms with Crippen molar-refractivity contribution in [3.63, 3.8) is 0 Å². The van der Waals surface area contributed by atoms with E-state index in [1.807, 2.05) is 29.2 Å². The van der Waals surface area contributed by atoms with Crippen molar-refractivity contribution in [2.45, 2.75) is 24.7 Å². The van der Waals surface area contributed by atoms with Crippen LogP contribution in [0.15, 0.2) is 24.3 Å². The van der Waals surface area contributed by atoms with E-state index in [4.69, 9.17) is 0 Å². The van der Waals surface area contributed by atoms with Crippen molar-refractivity contribution in [2.24, 2.45) is 0 Å². The summed E-state index contributed by atoms with van der Waals surface area (Å²) in [6.07, 6.45) is 1.05. The number of carbonyl (C=O) groups excluding carboxylic acids is 1. The molecule has 1 atom stereocenters. The zero-order valence-corrected chi connectivity index (χ0v) is 13.2. The summed E-state index contributed by atoms with van der Waals surface area (Å²) in [5, 5.41) is 0.826. The van der Waals surface area contributed by atoms with Gasteiger partial charge in [0, 0.05) is 30.0 Å². The maximum atomic E-state index is 12.6. The van der Waals surface area contributed by atoms with Gasteiger partial charge in [-0.25, -0.2) is 0 Å². The third-order valence-electron chi connectivity index (χ3n) is 3.66. The summed E-state index contributed by atoms with van der Waals surface area (Å²) in [5.74, 6) is 0.156. The molecule has 1 heterocycles. The molecule has 0 N–H and O–H groups in total. The first-order valence-electron chi connectivity index (χ1n) is 6.76. The lowest BCUT2D eigenvalue weighted by Crippen LogP contribution is -2.41. The Morgan fingerprint density at radius 1 is 1.32 bits per heavy atom. The summed E-state index contributed by atoms with van der Waals surface area (Å²) < 4.78 is 0. The van der Waals surface area contributed by atoms with Gasteiger partial charge in [0.05, 0.1) is 0 Å². The highest BCUT2D eigenvalue weighted by Crippen LogP contribution is 2.15. The van der Waals surface area contributed by atoms with E-state index in [0.717, 1.165) is 36.9 Å². The Morgan fingerprint density at radius 2 is 2.00 bits per heavy atom. The molecule has 0 radical (unpaired) electrons. The maximum Gasteiger partial charge on any atom is 0.254 e. The van der Waals surface area contributed by atoms with E-state index in [0.29, 0.717) is 0 Å². The maximum absolute atomic E-state index is 12.6. The van der Waals surface area contributed by atoms with E-state index >= 15 is 0 Å². The van der Waals surface area contributed by atoms with Gasteiger partial charge in [-0.15, -0.1) is 0 Å². The molecule has 0 spiro atoms. The monoisotopic (exact) mass is 324 g/mol. The molecule has 0 aliphatic carbocycles. The second kappa shape index (κ2) is 6.53. The van der Waals surface area contributed by atoms with Gasteiger partial charge in [-0.3, -0.25) is 4.79 Å². The Morgan fingerprint density at radius 3 is 2.63 bits per heavy atom. The lowest BCUT2D eigenvalue weighted by atomic mass is 10.1. The van der Waals surface area contributed by atoms with E-state index in [1.165, 1.54) is 5.56 Å². The van der Waals surface area contributed by atoms with Crippen molar-refractivity contribution in [3.05, 3.63) is 35.4 Å². The summed E-state index contributed by atoms with van der Waals surface area (Å²) in [6.45, 7) is 5.00. The molecular weight excluding hydrogens is 304 g/mol. The van der Waals surface area contributed by atoms with Crippen molar-refractivity contribution in [3.8, 4) is 0 Å². The highest BCUT2D eigenvalue weighted by Gasteiger charge is 2.24. The van der Waals surface area contributed by atoms with Crippen LogP contribution < -0.4 is 0 Å². The molecule has 1 aliphatic heterocycles. The summed E-state index contributed by atoms with van der Waals surface area (Å²) in [7, 11) is 2.12. The molecule has 1 fully saturated rings. The third kappa shape index (κ3) is 3.57. The van der Waals surface area contributed by atoms with Crippen LogP contribution in [-0.2, 0) is 5.33 Å². The second-order valence-corrected chi connectivity index (χ2v) is 5.85. The number of hydrogen-bond acceptors (Lipinski definition) is 2. The predicted octanol–water partition coefficient (Wildman–Crippen LogP) is 2.75. The fraction of sp³-hybridized carbons (Fsp3) is 0.533. The van der Waals surface area contributed by atoms with Crippen LogP contribution >= 0.6 is 15.9 Å². The molecule has 19 heavy (non-hydrogen) atoms. The van der Waals surface area contributed by atoms with Crippen LogP contribution in [0.3, 0.4) is 0 Å². The Bertz CT molecular complexity index is 432. The first-order chi connectivity index (χ1) is 9.11. The summed E-state index contributed by atoms with van der Waals surface area (Å²) in [4.78, 5) is 16.9. The van der Waals surface area contributed by atoms with E-state index < -0.39 is 0 Å². The fourth-order valence-electron chi connectivity index (χ4n) is 2.58. The van der Waals surface area contributed by atoms with Gasteiger partial charge in [-0.2, -0.15) is 0 Å². The van der Waals surface area contributed by atoms with Gasteiger partial charge < -0.3 is 9.80 Å². The number of hydrogen-bond donors (Lipinski definition) is 0. The van der Waals surface area contributed by atoms with Crippen LogP contribution in [0.1, 0.15) is 29.3 Å². The lowest BCUT2D eigenvalue weighted by molar-refractivity contribution is 0.0696. The van der Waals surface area contributed by atoms with Gasteiger partial charge in [0.25, 0.3) is 5.91 Å². The lowest BCUT2D eigenvalue weighted by Gasteiger charge is -2.28. The molecule has 1 aliphatic rings. The van der Waals surface area contributed by atoms with Gasteiger partial charge in [-0.05, 0) is 44.6 Å². The minimum atomic E-state index is 0.156. The van der Waals surface area contributed by atoms with Crippen LogP contribution in [-0.4, -0.2) is 48.4 Å². The highest BCUT2D eigenvalue weighted by atomic mass is 79.9. The van der Waals surface area contributed by atoms with Crippen LogP contribution in [0, 0.1) is 0 Å². The van der Waals surface area contributed by atoms with Gasteiger partial charge in [-0.1, -0.05) is 28.1 Å². The minimum absolute atomic E-state index is 0.156. The SMILES string of the molecule is CC1CN(C)CCCN1C(=O)c1ccc(CBr)cc1. The zero-order chi connectivity index (χ0) is 13.8. The normalized spacial score (nSPS) is 21.2. The largest absolute Gasteiger partial charge is 0.335 e. The molecule has 0 bridgehead atoms. The molecule has 1 unspecified atom stereocenters.